The minimum absolute atomic E-state index is 0.123. The Kier molecular flexibility index (Phi) is 3.02. The fourth-order valence-corrected chi connectivity index (χ4v) is 4.34. The molecule has 1 heterocycles. The number of rotatable bonds is 3. The van der Waals surface area contributed by atoms with E-state index < -0.39 is 0 Å². The van der Waals surface area contributed by atoms with Crippen molar-refractivity contribution in [1.29, 1.82) is 0 Å². The van der Waals surface area contributed by atoms with Crippen molar-refractivity contribution in [3.63, 3.8) is 0 Å². The Bertz CT molecular complexity index is 557. The van der Waals surface area contributed by atoms with E-state index in [0.717, 1.165) is 12.4 Å². The second-order valence-electron chi connectivity index (χ2n) is 8.62. The molecule has 0 saturated heterocycles. The summed E-state index contributed by atoms with van der Waals surface area (Å²) in [5.41, 5.74) is 3.64. The molecule has 1 aromatic rings. The Morgan fingerprint density at radius 1 is 1.10 bits per heavy atom. The van der Waals surface area contributed by atoms with Gasteiger partial charge in [-0.1, -0.05) is 47.6 Å². The molecule has 2 heteroatoms. The van der Waals surface area contributed by atoms with Gasteiger partial charge in [-0.05, 0) is 41.5 Å². The summed E-state index contributed by atoms with van der Waals surface area (Å²) >= 11 is 0. The highest BCUT2D eigenvalue weighted by atomic mass is 16.5. The third-order valence-corrected chi connectivity index (χ3v) is 6.46. The molecule has 116 valence electrons. The lowest BCUT2D eigenvalue weighted by Crippen LogP contribution is -2.23. The zero-order chi connectivity index (χ0) is 15.6. The molecule has 1 unspecified atom stereocenters. The first-order chi connectivity index (χ1) is 9.63. The van der Waals surface area contributed by atoms with Crippen molar-refractivity contribution in [2.75, 3.05) is 13.7 Å². The van der Waals surface area contributed by atoms with E-state index in [1.54, 1.807) is 0 Å². The highest BCUT2D eigenvalue weighted by Crippen LogP contribution is 2.72. The van der Waals surface area contributed by atoms with Crippen molar-refractivity contribution in [3.8, 4) is 5.75 Å². The summed E-state index contributed by atoms with van der Waals surface area (Å²) in [4.78, 5) is 0. The number of benzene rings is 1. The smallest absolute Gasteiger partial charge is 0.123 e. The van der Waals surface area contributed by atoms with Gasteiger partial charge in [0.1, 0.15) is 5.75 Å². The summed E-state index contributed by atoms with van der Waals surface area (Å²) in [6.45, 7) is 14.9. The van der Waals surface area contributed by atoms with Crippen molar-refractivity contribution in [3.05, 3.63) is 29.3 Å². The standard InChI is InChI=1S/C19H29NO/c1-17(2)11-21-14-9-8-12(10-13(14)17)15(20-7)16-18(3,4)19(16,5)6/h8-10,15-16,20H,11H2,1-7H3. The summed E-state index contributed by atoms with van der Waals surface area (Å²) in [6.07, 6.45) is 0. The van der Waals surface area contributed by atoms with Crippen LogP contribution in [0.5, 0.6) is 5.75 Å². The molecule has 0 radical (unpaired) electrons. The number of fused-ring (bicyclic) bond motifs is 1. The van der Waals surface area contributed by atoms with Crippen molar-refractivity contribution in [2.24, 2.45) is 16.7 Å². The minimum Gasteiger partial charge on any atom is -0.492 e. The molecule has 1 aromatic carbocycles. The van der Waals surface area contributed by atoms with E-state index in [4.69, 9.17) is 4.74 Å². The predicted octanol–water partition coefficient (Wildman–Crippen LogP) is 4.30. The normalized spacial score (nSPS) is 26.0. The van der Waals surface area contributed by atoms with E-state index in [1.807, 2.05) is 0 Å². The van der Waals surface area contributed by atoms with Gasteiger partial charge in [0.2, 0.25) is 0 Å². The number of hydrogen-bond donors (Lipinski definition) is 1. The van der Waals surface area contributed by atoms with Gasteiger partial charge in [-0.2, -0.15) is 0 Å². The van der Waals surface area contributed by atoms with E-state index in [2.05, 4.69) is 72.1 Å². The molecule has 21 heavy (non-hydrogen) atoms. The second-order valence-corrected chi connectivity index (χ2v) is 8.62. The maximum Gasteiger partial charge on any atom is 0.123 e. The fraction of sp³-hybridized carbons (Fsp3) is 0.684. The van der Waals surface area contributed by atoms with Crippen LogP contribution < -0.4 is 10.1 Å². The molecule has 1 aliphatic carbocycles. The average Bonchev–Trinajstić information content (AvgIpc) is 2.67. The summed E-state index contributed by atoms with van der Waals surface area (Å²) < 4.78 is 5.82. The van der Waals surface area contributed by atoms with E-state index in [-0.39, 0.29) is 5.41 Å². The first-order valence-electron chi connectivity index (χ1n) is 8.07. The summed E-state index contributed by atoms with van der Waals surface area (Å²) in [7, 11) is 2.09. The second kappa shape index (κ2) is 4.25. The first-order valence-corrected chi connectivity index (χ1v) is 8.07. The van der Waals surface area contributed by atoms with Crippen LogP contribution in [0.2, 0.25) is 0 Å². The molecule has 2 aliphatic rings. The molecule has 1 fully saturated rings. The van der Waals surface area contributed by atoms with Gasteiger partial charge in [0.05, 0.1) is 6.61 Å². The lowest BCUT2D eigenvalue weighted by Gasteiger charge is -2.22. The molecule has 3 rings (SSSR count). The predicted molar refractivity (Wildman–Crippen MR) is 87.8 cm³/mol. The molecular weight excluding hydrogens is 258 g/mol. The number of nitrogens with one attached hydrogen (secondary N) is 1. The van der Waals surface area contributed by atoms with Crippen molar-refractivity contribution >= 4 is 0 Å². The Morgan fingerprint density at radius 3 is 2.24 bits per heavy atom. The van der Waals surface area contributed by atoms with Crippen LogP contribution in [0.25, 0.3) is 0 Å². The Morgan fingerprint density at radius 2 is 1.71 bits per heavy atom. The van der Waals surface area contributed by atoms with Crippen molar-refractivity contribution in [1.82, 2.24) is 5.32 Å². The third-order valence-electron chi connectivity index (χ3n) is 6.46. The van der Waals surface area contributed by atoms with Crippen LogP contribution in [0, 0.1) is 16.7 Å². The molecular formula is C19H29NO. The summed E-state index contributed by atoms with van der Waals surface area (Å²) in [6, 6.07) is 7.18. The van der Waals surface area contributed by atoms with Gasteiger partial charge < -0.3 is 10.1 Å². The van der Waals surface area contributed by atoms with Gasteiger partial charge >= 0.3 is 0 Å². The first kappa shape index (κ1) is 14.9. The molecule has 1 saturated carbocycles. The van der Waals surface area contributed by atoms with Crippen LogP contribution in [-0.2, 0) is 5.41 Å². The quantitative estimate of drug-likeness (QED) is 0.895. The Balaban J connectivity index is 1.98. The van der Waals surface area contributed by atoms with Crippen LogP contribution in [0.1, 0.15) is 58.7 Å². The molecule has 0 spiro atoms. The molecule has 2 nitrogen and oxygen atoms in total. The zero-order valence-corrected chi connectivity index (χ0v) is 14.5. The average molecular weight is 287 g/mol. The number of hydrogen-bond acceptors (Lipinski definition) is 2. The SMILES string of the molecule is CNC(c1ccc2c(c1)C(C)(C)CO2)C1C(C)(C)C1(C)C. The molecule has 0 aromatic heterocycles. The molecule has 1 aliphatic heterocycles. The van der Waals surface area contributed by atoms with Gasteiger partial charge in [-0.25, -0.2) is 0 Å². The topological polar surface area (TPSA) is 21.3 Å². The molecule has 1 N–H and O–H groups in total. The maximum absolute atomic E-state index is 5.82. The molecule has 1 atom stereocenters. The maximum atomic E-state index is 5.82. The number of ether oxygens (including phenoxy) is 1. The van der Waals surface area contributed by atoms with Crippen LogP contribution >= 0.6 is 0 Å². The summed E-state index contributed by atoms with van der Waals surface area (Å²) in [5, 5.41) is 3.57. The van der Waals surface area contributed by atoms with E-state index >= 15 is 0 Å². The van der Waals surface area contributed by atoms with Gasteiger partial charge in [0, 0.05) is 17.0 Å². The molecule has 0 amide bonds. The van der Waals surface area contributed by atoms with E-state index in [0.29, 0.717) is 22.8 Å². The van der Waals surface area contributed by atoms with Crippen LogP contribution in [0.4, 0.5) is 0 Å². The Hall–Kier alpha value is -1.02. The monoisotopic (exact) mass is 287 g/mol. The minimum atomic E-state index is 0.123. The van der Waals surface area contributed by atoms with E-state index in [9.17, 15) is 0 Å². The highest BCUT2D eigenvalue weighted by Gasteiger charge is 2.67. The fourth-order valence-electron chi connectivity index (χ4n) is 4.34. The lowest BCUT2D eigenvalue weighted by atomic mass is 9.84. The van der Waals surface area contributed by atoms with Crippen LogP contribution in [0.3, 0.4) is 0 Å². The van der Waals surface area contributed by atoms with Gasteiger partial charge in [0.25, 0.3) is 0 Å². The van der Waals surface area contributed by atoms with Gasteiger partial charge in [-0.3, -0.25) is 0 Å². The van der Waals surface area contributed by atoms with Crippen molar-refractivity contribution in [2.45, 2.75) is 53.0 Å². The lowest BCUT2D eigenvalue weighted by molar-refractivity contribution is 0.291. The Labute approximate surface area is 129 Å². The summed E-state index contributed by atoms with van der Waals surface area (Å²) in [5.74, 6) is 1.73. The largest absolute Gasteiger partial charge is 0.492 e. The van der Waals surface area contributed by atoms with E-state index in [1.165, 1.54) is 11.1 Å². The van der Waals surface area contributed by atoms with Crippen molar-refractivity contribution < 1.29 is 4.74 Å². The highest BCUT2D eigenvalue weighted by molar-refractivity contribution is 5.46. The zero-order valence-electron chi connectivity index (χ0n) is 14.5. The van der Waals surface area contributed by atoms with Gasteiger partial charge in [0.15, 0.2) is 0 Å². The molecule has 0 bridgehead atoms. The van der Waals surface area contributed by atoms with Gasteiger partial charge in [-0.15, -0.1) is 0 Å². The van der Waals surface area contributed by atoms with Crippen LogP contribution in [-0.4, -0.2) is 13.7 Å². The third kappa shape index (κ3) is 1.95. The van der Waals surface area contributed by atoms with Crippen LogP contribution in [0.15, 0.2) is 18.2 Å².